The first-order chi connectivity index (χ1) is 9.99. The third kappa shape index (κ3) is 4.27. The smallest absolute Gasteiger partial charge is 0.272 e. The van der Waals surface area contributed by atoms with E-state index in [1.54, 1.807) is 12.1 Å². The number of nitro benzene ring substituents is 1. The number of rotatable bonds is 5. The summed E-state index contributed by atoms with van der Waals surface area (Å²) in [6.07, 6.45) is 0. The third-order valence-electron chi connectivity index (χ3n) is 2.61. The summed E-state index contributed by atoms with van der Waals surface area (Å²) < 4.78 is 0. The largest absolute Gasteiger partial charge is 0.385 e. The molecule has 2 aromatic rings. The fourth-order valence-electron chi connectivity index (χ4n) is 1.73. The summed E-state index contributed by atoms with van der Waals surface area (Å²) in [7, 11) is 0. The Bertz CT molecular complexity index is 680. The van der Waals surface area contributed by atoms with Gasteiger partial charge in [-0.25, -0.2) is 0 Å². The van der Waals surface area contributed by atoms with Crippen LogP contribution in [0.2, 0.25) is 10.0 Å². The second-order valence-electron chi connectivity index (χ2n) is 4.18. The lowest BCUT2D eigenvalue weighted by Crippen LogP contribution is -1.98. The average Bonchev–Trinajstić information content (AvgIpc) is 2.43. The maximum absolute atomic E-state index is 11.0. The Hall–Kier alpha value is -1.43. The van der Waals surface area contributed by atoms with E-state index < -0.39 is 4.92 Å². The van der Waals surface area contributed by atoms with E-state index in [1.165, 1.54) is 23.9 Å². The van der Waals surface area contributed by atoms with Crippen LogP contribution in [-0.2, 0) is 0 Å². The van der Waals surface area contributed by atoms with Crippen LogP contribution >= 0.6 is 35.0 Å². The number of non-ortho nitro benzene ring substituents is 1. The second kappa shape index (κ2) is 7.02. The Morgan fingerprint density at radius 2 is 1.90 bits per heavy atom. The van der Waals surface area contributed by atoms with Crippen LogP contribution in [0, 0.1) is 10.1 Å². The van der Waals surface area contributed by atoms with Gasteiger partial charge in [-0.2, -0.15) is 0 Å². The highest BCUT2D eigenvalue weighted by molar-refractivity contribution is 7.99. The number of nitrogens with zero attached hydrogens (tertiary/aromatic N) is 1. The average molecular weight is 343 g/mol. The van der Waals surface area contributed by atoms with E-state index in [2.05, 4.69) is 5.32 Å². The van der Waals surface area contributed by atoms with Crippen molar-refractivity contribution < 1.29 is 4.92 Å². The molecule has 0 aromatic heterocycles. The Morgan fingerprint density at radius 1 is 1.14 bits per heavy atom. The van der Waals surface area contributed by atoms with E-state index in [9.17, 15) is 10.1 Å². The van der Waals surface area contributed by atoms with Gasteiger partial charge < -0.3 is 5.32 Å². The number of hydrogen-bond acceptors (Lipinski definition) is 4. The van der Waals surface area contributed by atoms with Crippen LogP contribution in [0.4, 0.5) is 11.4 Å². The van der Waals surface area contributed by atoms with Gasteiger partial charge in [0.1, 0.15) is 0 Å². The Kier molecular flexibility index (Phi) is 5.33. The normalized spacial score (nSPS) is 10.4. The van der Waals surface area contributed by atoms with Crippen LogP contribution < -0.4 is 5.32 Å². The minimum atomic E-state index is -0.403. The molecule has 0 heterocycles. The summed E-state index contributed by atoms with van der Waals surface area (Å²) in [6.45, 7) is 2.63. The SMILES string of the molecule is CCNc1cc(Sc2ccc(Cl)c(Cl)c2)cc([N+](=O)[O-])c1. The molecule has 0 fully saturated rings. The molecule has 0 aliphatic rings. The molecule has 4 nitrogen and oxygen atoms in total. The zero-order valence-corrected chi connectivity index (χ0v) is 13.4. The lowest BCUT2D eigenvalue weighted by atomic mass is 10.3. The van der Waals surface area contributed by atoms with Crippen molar-refractivity contribution >= 4 is 46.3 Å². The van der Waals surface area contributed by atoms with Crippen LogP contribution in [0.3, 0.4) is 0 Å². The summed E-state index contributed by atoms with van der Waals surface area (Å²) in [5, 5.41) is 15.0. The van der Waals surface area contributed by atoms with Gasteiger partial charge in [-0.05, 0) is 31.2 Å². The molecule has 0 radical (unpaired) electrons. The fourth-order valence-corrected chi connectivity index (χ4v) is 3.04. The van der Waals surface area contributed by atoms with Crippen LogP contribution in [0.15, 0.2) is 46.2 Å². The van der Waals surface area contributed by atoms with E-state index in [-0.39, 0.29) is 5.69 Å². The monoisotopic (exact) mass is 342 g/mol. The second-order valence-corrected chi connectivity index (χ2v) is 6.14. The molecule has 0 saturated carbocycles. The van der Waals surface area contributed by atoms with Gasteiger partial charge >= 0.3 is 0 Å². The van der Waals surface area contributed by atoms with Crippen molar-refractivity contribution in [2.24, 2.45) is 0 Å². The predicted molar refractivity (Wildman–Crippen MR) is 87.8 cm³/mol. The number of nitro groups is 1. The molecule has 2 rings (SSSR count). The molecule has 2 aromatic carbocycles. The number of anilines is 1. The van der Waals surface area contributed by atoms with Crippen LogP contribution in [0.1, 0.15) is 6.92 Å². The molecule has 0 spiro atoms. The van der Waals surface area contributed by atoms with Gasteiger partial charge in [0, 0.05) is 34.2 Å². The number of hydrogen-bond donors (Lipinski definition) is 1. The number of halogens is 2. The molecular formula is C14H12Cl2N2O2S. The third-order valence-corrected chi connectivity index (χ3v) is 4.31. The van der Waals surface area contributed by atoms with Gasteiger partial charge in [0.15, 0.2) is 0 Å². The minimum absolute atomic E-state index is 0.0519. The molecule has 0 amide bonds. The zero-order chi connectivity index (χ0) is 15.4. The van der Waals surface area contributed by atoms with Gasteiger partial charge in [0.2, 0.25) is 0 Å². The molecule has 0 atom stereocenters. The summed E-state index contributed by atoms with van der Waals surface area (Å²) in [5.41, 5.74) is 0.769. The Balaban J connectivity index is 2.33. The van der Waals surface area contributed by atoms with Crippen molar-refractivity contribution in [1.82, 2.24) is 0 Å². The standard InChI is InChI=1S/C14H12Cl2N2O2S/c1-2-17-9-5-10(18(19)20)7-12(6-9)21-11-3-4-13(15)14(16)8-11/h3-8,17H,2H2,1H3. The van der Waals surface area contributed by atoms with Crippen molar-refractivity contribution in [3.63, 3.8) is 0 Å². The van der Waals surface area contributed by atoms with Gasteiger partial charge in [0.25, 0.3) is 5.69 Å². The van der Waals surface area contributed by atoms with Crippen LogP contribution in [0.5, 0.6) is 0 Å². The Labute approximate surface area is 136 Å². The van der Waals surface area contributed by atoms with Gasteiger partial charge in [0.05, 0.1) is 15.0 Å². The van der Waals surface area contributed by atoms with Crippen molar-refractivity contribution in [3.8, 4) is 0 Å². The quantitative estimate of drug-likeness (QED) is 0.576. The summed E-state index contributed by atoms with van der Waals surface area (Å²) in [6, 6.07) is 10.2. The predicted octanol–water partition coefficient (Wildman–Crippen LogP) is 5.48. The lowest BCUT2D eigenvalue weighted by Gasteiger charge is -2.07. The highest BCUT2D eigenvalue weighted by atomic mass is 35.5. The summed E-state index contributed by atoms with van der Waals surface area (Å²) in [5.74, 6) is 0. The first-order valence-corrected chi connectivity index (χ1v) is 7.73. The molecule has 0 aliphatic carbocycles. The van der Waals surface area contributed by atoms with E-state index in [1.807, 2.05) is 19.1 Å². The van der Waals surface area contributed by atoms with E-state index in [0.29, 0.717) is 22.3 Å². The van der Waals surface area contributed by atoms with Crippen molar-refractivity contribution in [2.75, 3.05) is 11.9 Å². The number of nitrogens with one attached hydrogen (secondary N) is 1. The van der Waals surface area contributed by atoms with Gasteiger partial charge in [-0.3, -0.25) is 10.1 Å². The molecule has 110 valence electrons. The molecule has 21 heavy (non-hydrogen) atoms. The van der Waals surface area contributed by atoms with E-state index >= 15 is 0 Å². The zero-order valence-electron chi connectivity index (χ0n) is 11.1. The molecule has 0 aliphatic heterocycles. The molecule has 7 heteroatoms. The van der Waals surface area contributed by atoms with Crippen molar-refractivity contribution in [2.45, 2.75) is 16.7 Å². The van der Waals surface area contributed by atoms with E-state index in [4.69, 9.17) is 23.2 Å². The van der Waals surface area contributed by atoms with Crippen LogP contribution in [-0.4, -0.2) is 11.5 Å². The Morgan fingerprint density at radius 3 is 2.52 bits per heavy atom. The molecular weight excluding hydrogens is 331 g/mol. The maximum Gasteiger partial charge on any atom is 0.272 e. The summed E-state index contributed by atoms with van der Waals surface area (Å²) >= 11 is 13.2. The lowest BCUT2D eigenvalue weighted by molar-refractivity contribution is -0.385. The van der Waals surface area contributed by atoms with E-state index in [0.717, 1.165) is 9.79 Å². The summed E-state index contributed by atoms with van der Waals surface area (Å²) in [4.78, 5) is 12.2. The van der Waals surface area contributed by atoms with Gasteiger partial charge in [-0.15, -0.1) is 0 Å². The number of benzene rings is 2. The fraction of sp³-hybridized carbons (Fsp3) is 0.143. The maximum atomic E-state index is 11.0. The first kappa shape index (κ1) is 15.9. The highest BCUT2D eigenvalue weighted by Crippen LogP contribution is 2.35. The highest BCUT2D eigenvalue weighted by Gasteiger charge is 2.11. The van der Waals surface area contributed by atoms with Crippen molar-refractivity contribution in [3.05, 3.63) is 56.6 Å². The molecule has 0 saturated heterocycles. The van der Waals surface area contributed by atoms with Gasteiger partial charge in [-0.1, -0.05) is 35.0 Å². The van der Waals surface area contributed by atoms with Crippen LogP contribution in [0.25, 0.3) is 0 Å². The minimum Gasteiger partial charge on any atom is -0.385 e. The first-order valence-electron chi connectivity index (χ1n) is 6.16. The molecule has 0 unspecified atom stereocenters. The topological polar surface area (TPSA) is 55.2 Å². The van der Waals surface area contributed by atoms with Crippen molar-refractivity contribution in [1.29, 1.82) is 0 Å². The molecule has 0 bridgehead atoms. The molecule has 1 N–H and O–H groups in total.